The molecule has 0 aliphatic rings. The molecule has 2 heteroatoms. The van der Waals surface area contributed by atoms with E-state index >= 15 is 0 Å². The maximum absolute atomic E-state index is 7.27. The maximum atomic E-state index is 7.27. The standard InChI is InChI=1S/C2N2/c1-4-2-3. The summed E-state index contributed by atoms with van der Waals surface area (Å²) in [6.07, 6.45) is 1.22. The van der Waals surface area contributed by atoms with Crippen LogP contribution < -0.4 is 0 Å². The highest BCUT2D eigenvalue weighted by Crippen LogP contribution is 1.37. The van der Waals surface area contributed by atoms with Crippen LogP contribution in [0.15, 0.2) is 4.99 Å². The number of rotatable bonds is 0. The molecule has 0 rings (SSSR count). The lowest BCUT2D eigenvalue weighted by atomic mass is 11.4. The Labute approximate surface area is 24.4 Å². The van der Waals surface area contributed by atoms with Crippen LogP contribution in [0.25, 0.3) is 0 Å². The van der Waals surface area contributed by atoms with Crippen molar-refractivity contribution in [2.24, 2.45) is 4.99 Å². The fourth-order valence-electron chi connectivity index (χ4n) is 0. The van der Waals surface area contributed by atoms with Crippen LogP contribution in [0, 0.1) is 11.5 Å². The van der Waals surface area contributed by atoms with Gasteiger partial charge in [0, 0.05) is 0 Å². The first-order chi connectivity index (χ1) is 1.91. The molecule has 0 fully saturated rings. The lowest BCUT2D eigenvalue weighted by Crippen LogP contribution is -1.28. The molecule has 0 spiro atoms. The Hall–Kier alpha value is -0.840. The summed E-state index contributed by atoms with van der Waals surface area (Å²) in [5.41, 5.74) is 0. The number of hydrogen-bond acceptors (Lipinski definition) is 2. The highest BCUT2D eigenvalue weighted by molar-refractivity contribution is 5.25. The summed E-state index contributed by atoms with van der Waals surface area (Å²) in [5, 5.41) is 7.27. The van der Waals surface area contributed by atoms with E-state index in [9.17, 15) is 0 Å². The molecule has 2 nitrogen and oxygen atoms in total. The molecule has 18 valence electrons. The summed E-state index contributed by atoms with van der Waals surface area (Å²) in [6, 6.07) is 0. The molecule has 2 radical (unpaired) electrons. The zero-order chi connectivity index (χ0) is 3.41. The molecule has 0 aliphatic carbocycles. The highest BCUT2D eigenvalue weighted by Gasteiger charge is 1.34. The average molecular weight is 52.0 g/mol. The van der Waals surface area contributed by atoms with Gasteiger partial charge >= 0.3 is 0 Å². The third-order valence-corrected chi connectivity index (χ3v) is 0.0500. The van der Waals surface area contributed by atoms with Crippen molar-refractivity contribution in [1.29, 1.82) is 5.26 Å². The Kier molecular flexibility index (Phi) is 1.71. The molecular formula is C2N2. The molecule has 0 heterocycles. The van der Waals surface area contributed by atoms with Gasteiger partial charge in [0.1, 0.15) is 6.72 Å². The molecule has 0 amide bonds. The van der Waals surface area contributed by atoms with Crippen LogP contribution in [0.1, 0.15) is 0 Å². The minimum absolute atomic E-state index is 1.22. The van der Waals surface area contributed by atoms with Gasteiger partial charge in [-0.2, -0.15) is 10.3 Å². The first kappa shape index (κ1) is 3.16. The number of hydrogen-bond donors (Lipinski definition) is 0. The van der Waals surface area contributed by atoms with E-state index in [1.165, 1.54) is 6.19 Å². The Morgan fingerprint density at radius 1 is 2.00 bits per heavy atom. The maximum Gasteiger partial charge on any atom is 0.206 e. The summed E-state index contributed by atoms with van der Waals surface area (Å²) in [7, 11) is 0. The number of nitrogens with zero attached hydrogens (tertiary/aromatic N) is 2. The monoisotopic (exact) mass is 52.0 g/mol. The van der Waals surface area contributed by atoms with E-state index in [4.69, 9.17) is 12.0 Å². The van der Waals surface area contributed by atoms with Crippen molar-refractivity contribution in [3.8, 4) is 6.19 Å². The van der Waals surface area contributed by atoms with Crippen LogP contribution in [0.5, 0.6) is 0 Å². The Morgan fingerprint density at radius 2 is 2.25 bits per heavy atom. The molecular weight excluding hydrogens is 52.0 g/mol. The van der Waals surface area contributed by atoms with Gasteiger partial charge in [-0.05, 0) is 0 Å². The molecule has 0 aromatic heterocycles. The van der Waals surface area contributed by atoms with Crippen molar-refractivity contribution >= 4 is 6.72 Å². The van der Waals surface area contributed by atoms with E-state index < -0.39 is 0 Å². The van der Waals surface area contributed by atoms with Crippen molar-refractivity contribution in [2.75, 3.05) is 0 Å². The van der Waals surface area contributed by atoms with Crippen LogP contribution >= 0.6 is 0 Å². The van der Waals surface area contributed by atoms with Crippen LogP contribution in [-0.4, -0.2) is 6.72 Å². The molecule has 0 unspecified atom stereocenters. The molecule has 0 aliphatic heterocycles. The lowest BCUT2D eigenvalue weighted by molar-refractivity contribution is 1.46. The van der Waals surface area contributed by atoms with Crippen molar-refractivity contribution in [3.63, 3.8) is 0 Å². The van der Waals surface area contributed by atoms with Gasteiger partial charge in [0.2, 0.25) is 6.19 Å². The van der Waals surface area contributed by atoms with Gasteiger partial charge in [-0.3, -0.25) is 0 Å². The molecule has 0 bridgehead atoms. The third-order valence-electron chi connectivity index (χ3n) is 0.0500. The summed E-state index contributed by atoms with van der Waals surface area (Å²) in [6.45, 7) is 5.72. The Morgan fingerprint density at radius 3 is 2.25 bits per heavy atom. The Bertz CT molecular complexity index is 49.5. The first-order valence-electron chi connectivity index (χ1n) is 0.671. The Balaban J connectivity index is 2.92. The number of aliphatic imine (C=N–C) groups is 1. The minimum atomic E-state index is 1.22. The van der Waals surface area contributed by atoms with E-state index in [1.54, 1.807) is 0 Å². The van der Waals surface area contributed by atoms with Crippen LogP contribution in [0.4, 0.5) is 0 Å². The molecule has 0 N–H and O–H groups in total. The minimum Gasteiger partial charge on any atom is -0.170 e. The van der Waals surface area contributed by atoms with Gasteiger partial charge in [0.25, 0.3) is 0 Å². The summed E-state index contributed by atoms with van der Waals surface area (Å²) >= 11 is 0. The van der Waals surface area contributed by atoms with E-state index in [-0.39, 0.29) is 0 Å². The topological polar surface area (TPSA) is 36.1 Å². The predicted molar refractivity (Wildman–Crippen MR) is 13.0 cm³/mol. The van der Waals surface area contributed by atoms with Gasteiger partial charge in [-0.25, -0.2) is 0 Å². The van der Waals surface area contributed by atoms with Crippen LogP contribution in [-0.2, 0) is 0 Å². The van der Waals surface area contributed by atoms with Gasteiger partial charge in [-0.1, -0.05) is 0 Å². The van der Waals surface area contributed by atoms with Gasteiger partial charge in [-0.15, -0.1) is 0 Å². The zero-order valence-corrected chi connectivity index (χ0v) is 1.89. The molecule has 0 aromatic carbocycles. The smallest absolute Gasteiger partial charge is 0.170 e. The van der Waals surface area contributed by atoms with Gasteiger partial charge < -0.3 is 0 Å². The molecule has 0 aromatic rings. The summed E-state index contributed by atoms with van der Waals surface area (Å²) in [5.74, 6) is 0. The fraction of sp³-hybridized carbons (Fsp3) is 0. The van der Waals surface area contributed by atoms with Crippen LogP contribution in [0.2, 0.25) is 0 Å². The quantitative estimate of drug-likeness (QED) is 0.280. The molecule has 0 atom stereocenters. The normalized spacial score (nSPS) is 3.75. The van der Waals surface area contributed by atoms with E-state index in [1.807, 2.05) is 0 Å². The average Bonchev–Trinajstić information content (AvgIpc) is 1.37. The second kappa shape index (κ2) is 2.16. The molecule has 0 saturated heterocycles. The van der Waals surface area contributed by atoms with Crippen molar-refractivity contribution in [1.82, 2.24) is 0 Å². The summed E-state index contributed by atoms with van der Waals surface area (Å²) in [4.78, 5) is 2.29. The highest BCUT2D eigenvalue weighted by atomic mass is 14.7. The lowest BCUT2D eigenvalue weighted by Gasteiger charge is -1.32. The van der Waals surface area contributed by atoms with E-state index in [0.29, 0.717) is 0 Å². The zero-order valence-electron chi connectivity index (χ0n) is 1.89. The second-order valence-corrected chi connectivity index (χ2v) is 0.212. The first-order valence-corrected chi connectivity index (χ1v) is 0.671. The van der Waals surface area contributed by atoms with Crippen LogP contribution in [0.3, 0.4) is 0 Å². The van der Waals surface area contributed by atoms with Gasteiger partial charge in [0.15, 0.2) is 0 Å². The van der Waals surface area contributed by atoms with E-state index in [0.717, 1.165) is 0 Å². The fourth-order valence-corrected chi connectivity index (χ4v) is 0. The van der Waals surface area contributed by atoms with Crippen molar-refractivity contribution in [2.45, 2.75) is 0 Å². The number of nitriles is 1. The molecule has 0 saturated carbocycles. The van der Waals surface area contributed by atoms with E-state index in [2.05, 4.69) is 4.99 Å². The van der Waals surface area contributed by atoms with Crippen molar-refractivity contribution < 1.29 is 0 Å². The van der Waals surface area contributed by atoms with Crippen molar-refractivity contribution in [3.05, 3.63) is 0 Å². The predicted octanol–water partition coefficient (Wildman–Crippen LogP) is -0.0779. The molecule has 4 heavy (non-hydrogen) atoms. The SMILES string of the molecule is [C]=NC#N. The third kappa shape index (κ3) is 1.16. The second-order valence-electron chi connectivity index (χ2n) is 0.212. The summed E-state index contributed by atoms with van der Waals surface area (Å²) < 4.78 is 0. The van der Waals surface area contributed by atoms with Gasteiger partial charge in [0.05, 0.1) is 0 Å². The largest absolute Gasteiger partial charge is 0.206 e.